The van der Waals surface area contributed by atoms with Gasteiger partial charge in [-0.3, -0.25) is 10.1 Å². The molecule has 4 N–H and O–H groups in total. The Balaban J connectivity index is 1.88. The highest BCUT2D eigenvalue weighted by atomic mass is 32.2. The molecule has 0 unspecified atom stereocenters. The number of anilines is 1. The van der Waals surface area contributed by atoms with E-state index in [2.05, 4.69) is 20.0 Å². The van der Waals surface area contributed by atoms with Gasteiger partial charge in [0, 0.05) is 12.6 Å². The second-order valence-corrected chi connectivity index (χ2v) is 7.34. The lowest BCUT2D eigenvalue weighted by atomic mass is 10.2. The van der Waals surface area contributed by atoms with Crippen LogP contribution in [0.25, 0.3) is 11.0 Å². The molecular formula is C15H15N5O5S. The average molecular weight is 377 g/mol. The zero-order chi connectivity index (χ0) is 18.9. The molecule has 0 fully saturated rings. The van der Waals surface area contributed by atoms with Crippen LogP contribution in [0, 0.1) is 10.1 Å². The molecule has 0 bridgehead atoms. The second-order valence-electron chi connectivity index (χ2n) is 5.46. The number of aromatic amines is 2. The maximum atomic E-state index is 11.8. The number of nitro benzene ring substituents is 1. The van der Waals surface area contributed by atoms with Gasteiger partial charge in [-0.05, 0) is 36.9 Å². The lowest BCUT2D eigenvalue weighted by molar-refractivity contribution is -0.384. The predicted molar refractivity (Wildman–Crippen MR) is 95.6 cm³/mol. The molecule has 136 valence electrons. The maximum Gasteiger partial charge on any atom is 0.323 e. The van der Waals surface area contributed by atoms with E-state index in [1.54, 1.807) is 18.2 Å². The highest BCUT2D eigenvalue weighted by Crippen LogP contribution is 2.28. The zero-order valence-corrected chi connectivity index (χ0v) is 14.4. The van der Waals surface area contributed by atoms with Crippen molar-refractivity contribution in [1.29, 1.82) is 0 Å². The number of H-pyrrole nitrogens is 2. The van der Waals surface area contributed by atoms with Crippen LogP contribution in [-0.4, -0.2) is 30.4 Å². The van der Waals surface area contributed by atoms with Crippen LogP contribution in [0.4, 0.5) is 11.4 Å². The summed E-state index contributed by atoms with van der Waals surface area (Å²) in [4.78, 5) is 27.0. The third kappa shape index (κ3) is 3.43. The highest BCUT2D eigenvalue weighted by molar-refractivity contribution is 7.89. The number of sulfonamides is 1. The number of nitrogens with one attached hydrogen (secondary N) is 4. The lowest BCUT2D eigenvalue weighted by Gasteiger charge is -2.09. The van der Waals surface area contributed by atoms with E-state index < -0.39 is 14.9 Å². The molecule has 0 saturated heterocycles. The van der Waals surface area contributed by atoms with Crippen molar-refractivity contribution in [3.63, 3.8) is 0 Å². The van der Waals surface area contributed by atoms with Gasteiger partial charge >= 0.3 is 5.69 Å². The Kier molecular flexibility index (Phi) is 4.49. The number of fused-ring (bicyclic) bond motifs is 1. The van der Waals surface area contributed by atoms with E-state index in [4.69, 9.17) is 0 Å². The Morgan fingerprint density at radius 1 is 1.12 bits per heavy atom. The number of hydrogen-bond acceptors (Lipinski definition) is 6. The van der Waals surface area contributed by atoms with Crippen LogP contribution in [0.5, 0.6) is 0 Å². The van der Waals surface area contributed by atoms with Gasteiger partial charge in [0.25, 0.3) is 5.69 Å². The van der Waals surface area contributed by atoms with Gasteiger partial charge in [-0.25, -0.2) is 17.9 Å². The second kappa shape index (κ2) is 6.61. The minimum atomic E-state index is -3.78. The van der Waals surface area contributed by atoms with Crippen molar-refractivity contribution in [2.45, 2.75) is 11.4 Å². The largest absolute Gasteiger partial charge is 0.375 e. The van der Waals surface area contributed by atoms with Crippen molar-refractivity contribution in [3.05, 3.63) is 62.6 Å². The Hall–Kier alpha value is -3.18. The first-order valence-electron chi connectivity index (χ1n) is 7.47. The van der Waals surface area contributed by atoms with E-state index in [9.17, 15) is 23.3 Å². The fourth-order valence-electron chi connectivity index (χ4n) is 2.48. The number of benzene rings is 2. The maximum absolute atomic E-state index is 11.8. The molecule has 0 atom stereocenters. The van der Waals surface area contributed by atoms with Crippen molar-refractivity contribution >= 4 is 32.4 Å². The summed E-state index contributed by atoms with van der Waals surface area (Å²) in [5.41, 5.74) is 1.59. The first kappa shape index (κ1) is 17.6. The van der Waals surface area contributed by atoms with Crippen molar-refractivity contribution in [2.75, 3.05) is 12.4 Å². The van der Waals surface area contributed by atoms with Crippen LogP contribution in [-0.2, 0) is 16.6 Å². The molecule has 11 heteroatoms. The molecule has 10 nitrogen and oxygen atoms in total. The van der Waals surface area contributed by atoms with E-state index in [1.165, 1.54) is 19.2 Å². The summed E-state index contributed by atoms with van der Waals surface area (Å²) < 4.78 is 25.7. The number of nitrogens with zero attached hydrogens (tertiary/aromatic N) is 1. The van der Waals surface area contributed by atoms with E-state index >= 15 is 0 Å². The summed E-state index contributed by atoms with van der Waals surface area (Å²) in [7, 11) is -2.55. The fourth-order valence-corrected chi connectivity index (χ4v) is 3.23. The highest BCUT2D eigenvalue weighted by Gasteiger charge is 2.20. The van der Waals surface area contributed by atoms with Crippen LogP contribution in [0.3, 0.4) is 0 Å². The van der Waals surface area contributed by atoms with Crippen LogP contribution >= 0.6 is 0 Å². The van der Waals surface area contributed by atoms with Crippen LogP contribution in [0.2, 0.25) is 0 Å². The molecular weight excluding hydrogens is 362 g/mol. The average Bonchev–Trinajstić information content (AvgIpc) is 2.98. The van der Waals surface area contributed by atoms with Gasteiger partial charge in [0.2, 0.25) is 10.0 Å². The van der Waals surface area contributed by atoms with Crippen molar-refractivity contribution in [1.82, 2.24) is 14.7 Å². The normalized spacial score (nSPS) is 11.6. The van der Waals surface area contributed by atoms with Gasteiger partial charge in [-0.2, -0.15) is 0 Å². The Bertz CT molecular complexity index is 1150. The summed E-state index contributed by atoms with van der Waals surface area (Å²) in [6, 6.07) is 8.87. The molecule has 0 aliphatic rings. The molecule has 0 saturated carbocycles. The summed E-state index contributed by atoms with van der Waals surface area (Å²) in [5, 5.41) is 14.2. The fraction of sp³-hybridized carbons (Fsp3) is 0.133. The molecule has 0 amide bonds. The van der Waals surface area contributed by atoms with Crippen LogP contribution in [0.15, 0.2) is 46.1 Å². The molecule has 3 aromatic rings. The minimum absolute atomic E-state index is 0.188. The first-order valence-corrected chi connectivity index (χ1v) is 8.95. The van der Waals surface area contributed by atoms with Gasteiger partial charge in [0.05, 0.1) is 20.9 Å². The monoisotopic (exact) mass is 377 g/mol. The van der Waals surface area contributed by atoms with Gasteiger partial charge < -0.3 is 15.3 Å². The SMILES string of the molecule is CNS(=O)(=O)c1ccc(NCc2ccc3[nH]c(=O)[nH]c3c2)c([N+](=O)[O-])c1. The molecule has 26 heavy (non-hydrogen) atoms. The molecule has 1 heterocycles. The standard InChI is InChI=1S/C15H15N5O5S/c1-16-26(24,25)10-3-5-12(14(7-10)20(22)23)17-8-9-2-4-11-13(6-9)19-15(21)18-11/h2-7,16-17H,8H2,1H3,(H2,18,19,21). The summed E-state index contributed by atoms with van der Waals surface area (Å²) in [6.45, 7) is 0.252. The van der Waals surface area contributed by atoms with Gasteiger partial charge in [-0.15, -0.1) is 0 Å². The molecule has 2 aromatic carbocycles. The Labute approximate surface area is 147 Å². The smallest absolute Gasteiger partial charge is 0.323 e. The van der Waals surface area contributed by atoms with Crippen LogP contribution < -0.4 is 15.7 Å². The van der Waals surface area contributed by atoms with Crippen molar-refractivity contribution in [3.8, 4) is 0 Å². The van der Waals surface area contributed by atoms with Gasteiger partial charge in [0.15, 0.2) is 0 Å². The third-order valence-corrected chi connectivity index (χ3v) is 5.22. The Morgan fingerprint density at radius 2 is 1.85 bits per heavy atom. The molecule has 0 aliphatic heterocycles. The van der Waals surface area contributed by atoms with Crippen LogP contribution in [0.1, 0.15) is 5.56 Å². The van der Waals surface area contributed by atoms with E-state index in [0.29, 0.717) is 11.0 Å². The third-order valence-electron chi connectivity index (χ3n) is 3.81. The number of nitro groups is 1. The number of rotatable bonds is 6. The van der Waals surface area contributed by atoms with Gasteiger partial charge in [0.1, 0.15) is 5.69 Å². The van der Waals surface area contributed by atoms with Crippen molar-refractivity contribution < 1.29 is 13.3 Å². The zero-order valence-electron chi connectivity index (χ0n) is 13.6. The van der Waals surface area contributed by atoms with E-state index in [0.717, 1.165) is 11.6 Å². The quantitative estimate of drug-likeness (QED) is 0.375. The first-order chi connectivity index (χ1) is 12.3. The van der Waals surface area contributed by atoms with E-state index in [1.807, 2.05) is 0 Å². The number of hydrogen-bond donors (Lipinski definition) is 4. The summed E-state index contributed by atoms with van der Waals surface area (Å²) in [6.07, 6.45) is 0. The molecule has 0 aliphatic carbocycles. The number of aromatic nitrogens is 2. The predicted octanol–water partition coefficient (Wildman–Crippen LogP) is 1.28. The summed E-state index contributed by atoms with van der Waals surface area (Å²) >= 11 is 0. The minimum Gasteiger partial charge on any atom is -0.375 e. The Morgan fingerprint density at radius 3 is 2.54 bits per heavy atom. The van der Waals surface area contributed by atoms with Gasteiger partial charge in [-0.1, -0.05) is 6.07 Å². The lowest BCUT2D eigenvalue weighted by Crippen LogP contribution is -2.18. The summed E-state index contributed by atoms with van der Waals surface area (Å²) in [5.74, 6) is 0. The topological polar surface area (TPSA) is 150 Å². The van der Waals surface area contributed by atoms with Crippen molar-refractivity contribution in [2.24, 2.45) is 0 Å². The molecule has 3 rings (SSSR count). The van der Waals surface area contributed by atoms with E-state index in [-0.39, 0.29) is 28.5 Å². The molecule has 0 radical (unpaired) electrons. The molecule has 0 spiro atoms. The number of imidazole rings is 1. The molecule has 1 aromatic heterocycles.